The van der Waals surface area contributed by atoms with Gasteiger partial charge in [-0.1, -0.05) is 25.0 Å². The van der Waals surface area contributed by atoms with Gasteiger partial charge in [0.15, 0.2) is 0 Å². The van der Waals surface area contributed by atoms with Crippen LogP contribution in [-0.2, 0) is 11.4 Å². The molecule has 1 saturated carbocycles. The van der Waals surface area contributed by atoms with Crippen LogP contribution in [0.25, 0.3) is 0 Å². The summed E-state index contributed by atoms with van der Waals surface area (Å²) in [5, 5.41) is 0. The molecule has 0 saturated heterocycles. The van der Waals surface area contributed by atoms with Crippen molar-refractivity contribution in [2.45, 2.75) is 38.3 Å². The van der Waals surface area contributed by atoms with E-state index in [1.54, 1.807) is 7.11 Å². The summed E-state index contributed by atoms with van der Waals surface area (Å²) in [7, 11) is 1.68. The summed E-state index contributed by atoms with van der Waals surface area (Å²) in [6.07, 6.45) is 5.40. The van der Waals surface area contributed by atoms with Gasteiger partial charge in [0.25, 0.3) is 0 Å². The van der Waals surface area contributed by atoms with Gasteiger partial charge in [-0.05, 0) is 30.5 Å². The second-order valence-electron chi connectivity index (χ2n) is 4.19. The van der Waals surface area contributed by atoms with Crippen molar-refractivity contribution >= 4 is 0 Å². The Morgan fingerprint density at radius 3 is 2.50 bits per heavy atom. The fraction of sp³-hybridized carbons (Fsp3) is 0.538. The number of ether oxygens (including phenoxy) is 1. The number of hydrogen-bond acceptors (Lipinski definition) is 3. The Morgan fingerprint density at radius 2 is 1.88 bits per heavy atom. The van der Waals surface area contributed by atoms with E-state index in [9.17, 15) is 0 Å². The van der Waals surface area contributed by atoms with Gasteiger partial charge in [-0.25, -0.2) is 0 Å². The summed E-state index contributed by atoms with van der Waals surface area (Å²) in [5.41, 5.74) is 4.25. The maximum absolute atomic E-state index is 5.58. The van der Waals surface area contributed by atoms with Gasteiger partial charge in [0, 0.05) is 6.54 Å². The minimum Gasteiger partial charge on any atom is -0.497 e. The maximum atomic E-state index is 5.58. The van der Waals surface area contributed by atoms with Gasteiger partial charge in [0.2, 0.25) is 0 Å². The van der Waals surface area contributed by atoms with Crippen molar-refractivity contribution in [3.63, 3.8) is 0 Å². The molecule has 0 aliphatic heterocycles. The van der Waals surface area contributed by atoms with Crippen LogP contribution in [0.2, 0.25) is 0 Å². The van der Waals surface area contributed by atoms with Gasteiger partial charge in [0.05, 0.1) is 13.2 Å². The van der Waals surface area contributed by atoms with Crippen LogP contribution in [0, 0.1) is 0 Å². The molecule has 0 amide bonds. The lowest BCUT2D eigenvalue weighted by Crippen LogP contribution is -2.21. The van der Waals surface area contributed by atoms with Crippen LogP contribution in [0.1, 0.15) is 31.2 Å². The molecule has 1 aromatic carbocycles. The minimum absolute atomic E-state index is 0.415. The zero-order chi connectivity index (χ0) is 11.2. The van der Waals surface area contributed by atoms with E-state index in [1.165, 1.54) is 31.2 Å². The molecule has 1 aliphatic rings. The Morgan fingerprint density at radius 1 is 1.19 bits per heavy atom. The lowest BCUT2D eigenvalue weighted by atomic mass is 10.2. The molecule has 0 heterocycles. The molecule has 16 heavy (non-hydrogen) atoms. The first-order valence-corrected chi connectivity index (χ1v) is 5.90. The predicted molar refractivity (Wildman–Crippen MR) is 63.2 cm³/mol. The zero-order valence-corrected chi connectivity index (χ0v) is 9.74. The first kappa shape index (κ1) is 11.4. The van der Waals surface area contributed by atoms with Crippen molar-refractivity contribution in [2.75, 3.05) is 7.11 Å². The van der Waals surface area contributed by atoms with E-state index >= 15 is 0 Å². The first-order chi connectivity index (χ1) is 7.88. The van der Waals surface area contributed by atoms with Gasteiger partial charge in [0.1, 0.15) is 5.75 Å². The van der Waals surface area contributed by atoms with E-state index < -0.39 is 0 Å². The largest absolute Gasteiger partial charge is 0.497 e. The van der Waals surface area contributed by atoms with Crippen LogP contribution < -0.4 is 10.2 Å². The van der Waals surface area contributed by atoms with Crippen molar-refractivity contribution in [1.29, 1.82) is 0 Å². The average Bonchev–Trinajstić information content (AvgIpc) is 2.83. The molecule has 0 atom stereocenters. The SMILES string of the molecule is COc1ccc(CNOC2CCCC2)cc1. The predicted octanol–water partition coefficient (Wildman–Crippen LogP) is 2.66. The third kappa shape index (κ3) is 3.22. The second kappa shape index (κ2) is 5.87. The fourth-order valence-electron chi connectivity index (χ4n) is 1.99. The van der Waals surface area contributed by atoms with Crippen LogP contribution >= 0.6 is 0 Å². The highest BCUT2D eigenvalue weighted by Gasteiger charge is 2.15. The topological polar surface area (TPSA) is 30.5 Å². The molecule has 88 valence electrons. The van der Waals surface area contributed by atoms with Crippen LogP contribution in [0.4, 0.5) is 0 Å². The summed E-state index contributed by atoms with van der Waals surface area (Å²) < 4.78 is 5.10. The molecular weight excluding hydrogens is 202 g/mol. The highest BCUT2D eigenvalue weighted by Crippen LogP contribution is 2.20. The van der Waals surface area contributed by atoms with Crippen molar-refractivity contribution in [3.8, 4) is 5.75 Å². The number of benzene rings is 1. The Balaban J connectivity index is 1.71. The summed E-state index contributed by atoms with van der Waals surface area (Å²) in [4.78, 5) is 5.58. The summed E-state index contributed by atoms with van der Waals surface area (Å²) >= 11 is 0. The fourth-order valence-corrected chi connectivity index (χ4v) is 1.99. The summed E-state index contributed by atoms with van der Waals surface area (Å²) in [5.74, 6) is 0.889. The number of nitrogens with one attached hydrogen (secondary N) is 1. The Hall–Kier alpha value is -1.06. The van der Waals surface area contributed by atoms with E-state index in [4.69, 9.17) is 9.57 Å². The lowest BCUT2D eigenvalue weighted by molar-refractivity contribution is -0.0244. The molecule has 1 aromatic rings. The van der Waals surface area contributed by atoms with Gasteiger partial charge >= 0.3 is 0 Å². The van der Waals surface area contributed by atoms with Crippen LogP contribution in [0.5, 0.6) is 5.75 Å². The van der Waals surface area contributed by atoms with E-state index in [1.807, 2.05) is 24.3 Å². The maximum Gasteiger partial charge on any atom is 0.118 e. The third-order valence-corrected chi connectivity index (χ3v) is 2.99. The molecular formula is C13H19NO2. The number of methoxy groups -OCH3 is 1. The monoisotopic (exact) mass is 221 g/mol. The van der Waals surface area contributed by atoms with Gasteiger partial charge in [-0.15, -0.1) is 0 Å². The summed E-state index contributed by atoms with van der Waals surface area (Å²) in [6, 6.07) is 8.02. The van der Waals surface area contributed by atoms with Crippen molar-refractivity contribution in [2.24, 2.45) is 0 Å². The first-order valence-electron chi connectivity index (χ1n) is 5.90. The molecule has 1 N–H and O–H groups in total. The van der Waals surface area contributed by atoms with Crippen LogP contribution in [0.3, 0.4) is 0 Å². The molecule has 0 unspecified atom stereocenters. The van der Waals surface area contributed by atoms with E-state index in [0.29, 0.717) is 6.10 Å². The van der Waals surface area contributed by atoms with E-state index in [-0.39, 0.29) is 0 Å². The van der Waals surface area contributed by atoms with Crippen LogP contribution in [-0.4, -0.2) is 13.2 Å². The van der Waals surface area contributed by atoms with Crippen molar-refractivity contribution < 1.29 is 9.57 Å². The Bertz CT molecular complexity index is 304. The molecule has 0 aromatic heterocycles. The normalized spacial score (nSPS) is 16.6. The molecule has 0 radical (unpaired) electrons. The molecule has 3 heteroatoms. The minimum atomic E-state index is 0.415. The third-order valence-electron chi connectivity index (χ3n) is 2.99. The van der Waals surface area contributed by atoms with E-state index in [0.717, 1.165) is 12.3 Å². The Kier molecular flexibility index (Phi) is 4.19. The summed E-state index contributed by atoms with van der Waals surface area (Å²) in [6.45, 7) is 0.750. The molecule has 0 spiro atoms. The quantitative estimate of drug-likeness (QED) is 0.775. The number of hydrogen-bond donors (Lipinski definition) is 1. The van der Waals surface area contributed by atoms with Crippen LogP contribution in [0.15, 0.2) is 24.3 Å². The van der Waals surface area contributed by atoms with Gasteiger partial charge in [-0.2, -0.15) is 5.48 Å². The smallest absolute Gasteiger partial charge is 0.118 e. The highest BCUT2D eigenvalue weighted by atomic mass is 16.7. The number of rotatable bonds is 5. The zero-order valence-electron chi connectivity index (χ0n) is 9.74. The number of hydroxylamine groups is 1. The molecule has 3 nitrogen and oxygen atoms in total. The molecule has 2 rings (SSSR count). The molecule has 0 bridgehead atoms. The molecule has 1 aliphatic carbocycles. The highest BCUT2D eigenvalue weighted by molar-refractivity contribution is 5.26. The van der Waals surface area contributed by atoms with Crippen molar-refractivity contribution in [1.82, 2.24) is 5.48 Å². The van der Waals surface area contributed by atoms with E-state index in [2.05, 4.69) is 5.48 Å². The lowest BCUT2D eigenvalue weighted by Gasteiger charge is -2.11. The van der Waals surface area contributed by atoms with Gasteiger partial charge < -0.3 is 4.74 Å². The Labute approximate surface area is 96.7 Å². The average molecular weight is 221 g/mol. The van der Waals surface area contributed by atoms with Gasteiger partial charge in [-0.3, -0.25) is 4.84 Å². The van der Waals surface area contributed by atoms with Crippen molar-refractivity contribution in [3.05, 3.63) is 29.8 Å². The molecule has 1 fully saturated rings. The second-order valence-corrected chi connectivity index (χ2v) is 4.19. The standard InChI is InChI=1S/C13H19NO2/c1-15-12-8-6-11(7-9-12)10-14-16-13-4-2-3-5-13/h6-9,13-14H,2-5,10H2,1H3.